The third-order valence-corrected chi connectivity index (χ3v) is 2.49. The number of aliphatic hydroxyl groups is 1. The Morgan fingerprint density at radius 2 is 1.71 bits per heavy atom. The number of hydrogen-bond acceptors (Lipinski definition) is 3. The van der Waals surface area contributed by atoms with Crippen LogP contribution in [0.2, 0.25) is 0 Å². The maximum absolute atomic E-state index is 9.12. The van der Waals surface area contributed by atoms with E-state index in [0.717, 1.165) is 6.42 Å². The molecule has 0 radical (unpaired) electrons. The van der Waals surface area contributed by atoms with Gasteiger partial charge in [0, 0.05) is 0 Å². The first kappa shape index (κ1) is 12.0. The van der Waals surface area contributed by atoms with Crippen LogP contribution in [0, 0.1) is 0 Å². The molecule has 1 heterocycles. The molecule has 14 heavy (non-hydrogen) atoms. The summed E-state index contributed by atoms with van der Waals surface area (Å²) < 4.78 is 10.6. The summed E-state index contributed by atoms with van der Waals surface area (Å²) in [5, 5.41) is 9.12. The van der Waals surface area contributed by atoms with E-state index in [9.17, 15) is 0 Å². The van der Waals surface area contributed by atoms with Crippen molar-refractivity contribution < 1.29 is 14.6 Å². The second-order valence-electron chi connectivity index (χ2n) is 3.95. The monoisotopic (exact) mass is 202 g/mol. The third kappa shape index (κ3) is 4.94. The van der Waals surface area contributed by atoms with Gasteiger partial charge in [0.2, 0.25) is 0 Å². The fourth-order valence-corrected chi connectivity index (χ4v) is 1.61. The predicted molar refractivity (Wildman–Crippen MR) is 55.1 cm³/mol. The molecule has 0 aromatic carbocycles. The standard InChI is InChI=1S/C11H22O3/c1-2-3-4-5-6-7-11-13-8-10(12)9-14-11/h10-12H,2-9H2,1H3/t10-,11-. The average Bonchev–Trinajstić information content (AvgIpc) is 2.21. The molecule has 1 fully saturated rings. The van der Waals surface area contributed by atoms with Gasteiger partial charge in [-0.1, -0.05) is 32.6 Å². The van der Waals surface area contributed by atoms with Crippen molar-refractivity contribution in [2.75, 3.05) is 13.2 Å². The number of ether oxygens (including phenoxy) is 2. The molecule has 3 nitrogen and oxygen atoms in total. The van der Waals surface area contributed by atoms with E-state index in [1.807, 2.05) is 0 Å². The van der Waals surface area contributed by atoms with Crippen LogP contribution in [-0.4, -0.2) is 30.7 Å². The lowest BCUT2D eigenvalue weighted by Gasteiger charge is -2.26. The quantitative estimate of drug-likeness (QED) is 0.670. The lowest BCUT2D eigenvalue weighted by molar-refractivity contribution is -0.218. The van der Waals surface area contributed by atoms with E-state index < -0.39 is 6.10 Å². The molecule has 0 amide bonds. The summed E-state index contributed by atoms with van der Waals surface area (Å²) >= 11 is 0. The highest BCUT2D eigenvalue weighted by molar-refractivity contribution is 4.60. The van der Waals surface area contributed by atoms with Crippen molar-refractivity contribution in [1.29, 1.82) is 0 Å². The van der Waals surface area contributed by atoms with Crippen LogP contribution in [0.15, 0.2) is 0 Å². The zero-order valence-electron chi connectivity index (χ0n) is 9.08. The van der Waals surface area contributed by atoms with Gasteiger partial charge in [-0.2, -0.15) is 0 Å². The van der Waals surface area contributed by atoms with Gasteiger partial charge in [-0.25, -0.2) is 0 Å². The maximum Gasteiger partial charge on any atom is 0.157 e. The smallest absolute Gasteiger partial charge is 0.157 e. The van der Waals surface area contributed by atoms with E-state index in [4.69, 9.17) is 14.6 Å². The lowest BCUT2D eigenvalue weighted by atomic mass is 10.1. The topological polar surface area (TPSA) is 38.7 Å². The van der Waals surface area contributed by atoms with Crippen LogP contribution in [0.1, 0.15) is 45.4 Å². The lowest BCUT2D eigenvalue weighted by Crippen LogP contribution is -2.35. The summed E-state index contributed by atoms with van der Waals surface area (Å²) in [4.78, 5) is 0. The first-order chi connectivity index (χ1) is 6.83. The Morgan fingerprint density at radius 3 is 2.36 bits per heavy atom. The molecule has 0 atom stereocenters. The average molecular weight is 202 g/mol. The summed E-state index contributed by atoms with van der Waals surface area (Å²) in [6.07, 6.45) is 6.82. The van der Waals surface area contributed by atoms with Gasteiger partial charge in [0.25, 0.3) is 0 Å². The van der Waals surface area contributed by atoms with Crippen molar-refractivity contribution in [1.82, 2.24) is 0 Å². The van der Waals surface area contributed by atoms with Crippen molar-refractivity contribution >= 4 is 0 Å². The molecule has 0 saturated carbocycles. The minimum atomic E-state index is -0.425. The van der Waals surface area contributed by atoms with Gasteiger partial charge < -0.3 is 14.6 Å². The van der Waals surface area contributed by atoms with Crippen LogP contribution in [-0.2, 0) is 9.47 Å². The Hall–Kier alpha value is -0.120. The van der Waals surface area contributed by atoms with Crippen LogP contribution in [0.25, 0.3) is 0 Å². The third-order valence-electron chi connectivity index (χ3n) is 2.49. The Kier molecular flexibility index (Phi) is 6.15. The van der Waals surface area contributed by atoms with E-state index in [1.165, 1.54) is 32.1 Å². The van der Waals surface area contributed by atoms with Crippen molar-refractivity contribution in [3.8, 4) is 0 Å². The van der Waals surface area contributed by atoms with Gasteiger partial charge >= 0.3 is 0 Å². The molecule has 0 unspecified atom stereocenters. The molecule has 84 valence electrons. The molecule has 1 aliphatic heterocycles. The van der Waals surface area contributed by atoms with Gasteiger partial charge in [0.1, 0.15) is 6.10 Å². The zero-order chi connectivity index (χ0) is 10.2. The SMILES string of the molecule is CCCCCCC[C@H]1OC[C@H](O)CO1. The Morgan fingerprint density at radius 1 is 1.07 bits per heavy atom. The van der Waals surface area contributed by atoms with E-state index in [2.05, 4.69) is 6.92 Å². The van der Waals surface area contributed by atoms with Crippen molar-refractivity contribution in [2.45, 2.75) is 57.8 Å². The fourth-order valence-electron chi connectivity index (χ4n) is 1.61. The minimum Gasteiger partial charge on any atom is -0.388 e. The summed E-state index contributed by atoms with van der Waals surface area (Å²) in [5.41, 5.74) is 0. The fraction of sp³-hybridized carbons (Fsp3) is 1.00. The number of unbranched alkanes of at least 4 members (excludes halogenated alkanes) is 4. The molecule has 0 aromatic rings. The molecular weight excluding hydrogens is 180 g/mol. The molecule has 0 aromatic heterocycles. The van der Waals surface area contributed by atoms with Crippen LogP contribution < -0.4 is 0 Å². The number of rotatable bonds is 6. The highest BCUT2D eigenvalue weighted by atomic mass is 16.7. The molecule has 1 saturated heterocycles. The van der Waals surface area contributed by atoms with Crippen LogP contribution in [0.4, 0.5) is 0 Å². The van der Waals surface area contributed by atoms with Gasteiger partial charge in [-0.05, 0) is 12.8 Å². The first-order valence-electron chi connectivity index (χ1n) is 5.74. The molecular formula is C11H22O3. The summed E-state index contributed by atoms with van der Waals surface area (Å²) in [6.45, 7) is 3.08. The van der Waals surface area contributed by atoms with Crippen LogP contribution in [0.3, 0.4) is 0 Å². The van der Waals surface area contributed by atoms with Gasteiger partial charge in [0.15, 0.2) is 6.29 Å². The van der Waals surface area contributed by atoms with E-state index >= 15 is 0 Å². The van der Waals surface area contributed by atoms with E-state index in [0.29, 0.717) is 13.2 Å². The molecule has 1 N–H and O–H groups in total. The highest BCUT2D eigenvalue weighted by Crippen LogP contribution is 2.13. The van der Waals surface area contributed by atoms with E-state index in [1.54, 1.807) is 0 Å². The van der Waals surface area contributed by atoms with Crippen molar-refractivity contribution in [3.05, 3.63) is 0 Å². The largest absolute Gasteiger partial charge is 0.388 e. The van der Waals surface area contributed by atoms with Crippen molar-refractivity contribution in [3.63, 3.8) is 0 Å². The van der Waals surface area contributed by atoms with Crippen LogP contribution in [0.5, 0.6) is 0 Å². The Bertz CT molecular complexity index is 130. The number of aliphatic hydroxyl groups excluding tert-OH is 1. The number of hydrogen-bond donors (Lipinski definition) is 1. The summed E-state index contributed by atoms with van der Waals surface area (Å²) in [5.74, 6) is 0. The molecule has 3 heteroatoms. The Labute approximate surface area is 86.4 Å². The molecule has 0 aliphatic carbocycles. The second kappa shape index (κ2) is 7.21. The van der Waals surface area contributed by atoms with Crippen LogP contribution >= 0.6 is 0 Å². The zero-order valence-corrected chi connectivity index (χ0v) is 9.08. The highest BCUT2D eigenvalue weighted by Gasteiger charge is 2.19. The van der Waals surface area contributed by atoms with Gasteiger partial charge in [-0.15, -0.1) is 0 Å². The predicted octanol–water partition coefficient (Wildman–Crippen LogP) is 2.08. The second-order valence-corrected chi connectivity index (χ2v) is 3.95. The minimum absolute atomic E-state index is 0.0694. The summed E-state index contributed by atoms with van der Waals surface area (Å²) in [7, 11) is 0. The molecule has 1 rings (SSSR count). The van der Waals surface area contributed by atoms with Gasteiger partial charge in [0.05, 0.1) is 13.2 Å². The molecule has 0 bridgehead atoms. The first-order valence-corrected chi connectivity index (χ1v) is 5.74. The van der Waals surface area contributed by atoms with E-state index in [-0.39, 0.29) is 6.29 Å². The molecule has 1 aliphatic rings. The normalized spacial score (nSPS) is 27.9. The Balaban J connectivity index is 1.91. The summed E-state index contributed by atoms with van der Waals surface area (Å²) in [6, 6.07) is 0. The van der Waals surface area contributed by atoms with Gasteiger partial charge in [-0.3, -0.25) is 0 Å². The van der Waals surface area contributed by atoms with Crippen molar-refractivity contribution in [2.24, 2.45) is 0 Å². The maximum atomic E-state index is 9.12. The molecule has 0 spiro atoms.